The highest BCUT2D eigenvalue weighted by Gasteiger charge is 2.29. The lowest BCUT2D eigenvalue weighted by atomic mass is 9.69. The van der Waals surface area contributed by atoms with Crippen molar-refractivity contribution in [3.8, 4) is 6.07 Å². The monoisotopic (exact) mass is 177 g/mol. The molecule has 1 heteroatoms. The molecule has 0 amide bonds. The number of hydrogen-bond donors (Lipinski definition) is 0. The SMILES string of the molecule is CC(C)(C)C1CCCCC1=CC#N. The predicted molar refractivity (Wildman–Crippen MR) is 55.1 cm³/mol. The molecule has 0 saturated heterocycles. The second kappa shape index (κ2) is 3.96. The Balaban J connectivity index is 2.81. The van der Waals surface area contributed by atoms with E-state index in [9.17, 15) is 0 Å². The molecule has 0 aromatic heterocycles. The van der Waals surface area contributed by atoms with E-state index < -0.39 is 0 Å². The van der Waals surface area contributed by atoms with Crippen LogP contribution in [0.25, 0.3) is 0 Å². The fraction of sp³-hybridized carbons (Fsp3) is 0.750. The van der Waals surface area contributed by atoms with Crippen LogP contribution in [0.3, 0.4) is 0 Å². The summed E-state index contributed by atoms with van der Waals surface area (Å²) in [6, 6.07) is 2.18. The van der Waals surface area contributed by atoms with Crippen LogP contribution in [0.4, 0.5) is 0 Å². The van der Waals surface area contributed by atoms with E-state index in [1.807, 2.05) is 0 Å². The lowest BCUT2D eigenvalue weighted by Gasteiger charge is -2.35. The molecule has 0 aliphatic heterocycles. The van der Waals surface area contributed by atoms with Crippen LogP contribution in [0.1, 0.15) is 46.5 Å². The van der Waals surface area contributed by atoms with Gasteiger partial charge in [0.1, 0.15) is 0 Å². The minimum absolute atomic E-state index is 0.323. The molecule has 0 N–H and O–H groups in total. The van der Waals surface area contributed by atoms with Crippen molar-refractivity contribution in [3.05, 3.63) is 11.6 Å². The average molecular weight is 177 g/mol. The number of allylic oxidation sites excluding steroid dienone is 2. The fourth-order valence-corrected chi connectivity index (χ4v) is 2.28. The van der Waals surface area contributed by atoms with Crippen molar-refractivity contribution in [3.63, 3.8) is 0 Å². The van der Waals surface area contributed by atoms with Gasteiger partial charge in [-0.05, 0) is 30.6 Å². The Kier molecular flexibility index (Phi) is 3.14. The summed E-state index contributed by atoms with van der Waals surface area (Å²) in [5.74, 6) is 0.626. The molecular formula is C12H19N. The molecule has 0 aromatic carbocycles. The van der Waals surface area contributed by atoms with E-state index in [0.29, 0.717) is 11.3 Å². The first kappa shape index (κ1) is 10.3. The smallest absolute Gasteiger partial charge is 0.0911 e. The van der Waals surface area contributed by atoms with Gasteiger partial charge in [0, 0.05) is 6.08 Å². The number of rotatable bonds is 0. The lowest BCUT2D eigenvalue weighted by molar-refractivity contribution is 0.236. The summed E-state index contributed by atoms with van der Waals surface area (Å²) >= 11 is 0. The maximum Gasteiger partial charge on any atom is 0.0911 e. The molecule has 0 bridgehead atoms. The van der Waals surface area contributed by atoms with Crippen molar-refractivity contribution in [1.82, 2.24) is 0 Å². The van der Waals surface area contributed by atoms with Gasteiger partial charge in [0.05, 0.1) is 6.07 Å². The molecular weight excluding hydrogens is 158 g/mol. The van der Waals surface area contributed by atoms with Crippen molar-refractivity contribution in [2.45, 2.75) is 46.5 Å². The number of nitriles is 1. The van der Waals surface area contributed by atoms with E-state index in [-0.39, 0.29) is 0 Å². The maximum absolute atomic E-state index is 8.68. The van der Waals surface area contributed by atoms with Crippen LogP contribution in [-0.4, -0.2) is 0 Å². The first-order valence-corrected chi connectivity index (χ1v) is 5.14. The molecule has 13 heavy (non-hydrogen) atoms. The number of hydrogen-bond acceptors (Lipinski definition) is 1. The van der Waals surface area contributed by atoms with Crippen molar-refractivity contribution >= 4 is 0 Å². The quantitative estimate of drug-likeness (QED) is 0.518. The molecule has 0 spiro atoms. The second-order valence-corrected chi connectivity index (χ2v) is 5.01. The summed E-state index contributed by atoms with van der Waals surface area (Å²) in [7, 11) is 0. The largest absolute Gasteiger partial charge is 0.193 e. The van der Waals surface area contributed by atoms with Crippen LogP contribution < -0.4 is 0 Å². The molecule has 72 valence electrons. The van der Waals surface area contributed by atoms with Crippen LogP contribution in [-0.2, 0) is 0 Å². The van der Waals surface area contributed by atoms with Crippen LogP contribution in [0, 0.1) is 22.7 Å². The molecule has 1 atom stereocenters. The normalized spacial score (nSPS) is 27.2. The average Bonchev–Trinajstić information content (AvgIpc) is 2.04. The van der Waals surface area contributed by atoms with E-state index in [1.165, 1.54) is 24.8 Å². The number of nitrogens with zero attached hydrogens (tertiary/aromatic N) is 1. The Morgan fingerprint density at radius 3 is 2.62 bits per heavy atom. The highest BCUT2D eigenvalue weighted by molar-refractivity contribution is 5.19. The van der Waals surface area contributed by atoms with E-state index in [0.717, 1.165) is 6.42 Å². The van der Waals surface area contributed by atoms with Crippen LogP contribution in [0.15, 0.2) is 11.6 Å². The summed E-state index contributed by atoms with van der Waals surface area (Å²) in [5.41, 5.74) is 1.70. The Hall–Kier alpha value is -0.770. The summed E-state index contributed by atoms with van der Waals surface area (Å²) in [4.78, 5) is 0. The summed E-state index contributed by atoms with van der Waals surface area (Å²) < 4.78 is 0. The highest BCUT2D eigenvalue weighted by atomic mass is 14.3. The molecule has 1 aliphatic rings. The maximum atomic E-state index is 8.68. The molecule has 1 fully saturated rings. The zero-order valence-electron chi connectivity index (χ0n) is 8.93. The van der Waals surface area contributed by atoms with Crippen LogP contribution in [0.5, 0.6) is 0 Å². The minimum Gasteiger partial charge on any atom is -0.193 e. The zero-order valence-corrected chi connectivity index (χ0v) is 8.93. The van der Waals surface area contributed by atoms with Gasteiger partial charge in [0.25, 0.3) is 0 Å². The molecule has 0 aromatic rings. The van der Waals surface area contributed by atoms with Gasteiger partial charge in [0.15, 0.2) is 0 Å². The van der Waals surface area contributed by atoms with Crippen molar-refractivity contribution in [1.29, 1.82) is 5.26 Å². The van der Waals surface area contributed by atoms with Crippen molar-refractivity contribution < 1.29 is 0 Å². The molecule has 1 rings (SSSR count). The first-order chi connectivity index (χ1) is 6.05. The first-order valence-electron chi connectivity index (χ1n) is 5.14. The van der Waals surface area contributed by atoms with Crippen molar-refractivity contribution in [2.75, 3.05) is 0 Å². The van der Waals surface area contributed by atoms with E-state index in [2.05, 4.69) is 26.8 Å². The summed E-state index contributed by atoms with van der Waals surface area (Å²) in [5, 5.41) is 8.68. The Morgan fingerprint density at radius 1 is 1.38 bits per heavy atom. The summed E-state index contributed by atoms with van der Waals surface area (Å²) in [6.45, 7) is 6.82. The van der Waals surface area contributed by atoms with Gasteiger partial charge in [-0.2, -0.15) is 5.26 Å². The minimum atomic E-state index is 0.323. The summed E-state index contributed by atoms with van der Waals surface area (Å²) in [6.07, 6.45) is 6.76. The van der Waals surface area contributed by atoms with Gasteiger partial charge in [-0.1, -0.05) is 32.8 Å². The lowest BCUT2D eigenvalue weighted by Crippen LogP contribution is -2.25. The third-order valence-corrected chi connectivity index (χ3v) is 2.95. The van der Waals surface area contributed by atoms with Gasteiger partial charge in [0.2, 0.25) is 0 Å². The zero-order chi connectivity index (χ0) is 9.90. The molecule has 1 aliphatic carbocycles. The van der Waals surface area contributed by atoms with Gasteiger partial charge in [-0.25, -0.2) is 0 Å². The van der Waals surface area contributed by atoms with Crippen LogP contribution in [0.2, 0.25) is 0 Å². The Morgan fingerprint density at radius 2 is 2.08 bits per heavy atom. The fourth-order valence-electron chi connectivity index (χ4n) is 2.28. The Labute approximate surface area is 81.5 Å². The standard InChI is InChI=1S/C12H19N/c1-12(2,3)11-7-5-4-6-10(11)8-9-13/h8,11H,4-7H2,1-3H3. The van der Waals surface area contributed by atoms with Gasteiger partial charge in [-0.15, -0.1) is 0 Å². The molecule has 0 radical (unpaired) electrons. The van der Waals surface area contributed by atoms with Crippen LogP contribution >= 0.6 is 0 Å². The van der Waals surface area contributed by atoms with E-state index in [1.54, 1.807) is 6.08 Å². The van der Waals surface area contributed by atoms with E-state index >= 15 is 0 Å². The van der Waals surface area contributed by atoms with Gasteiger partial charge < -0.3 is 0 Å². The van der Waals surface area contributed by atoms with Gasteiger partial charge >= 0.3 is 0 Å². The Bertz CT molecular complexity index is 237. The predicted octanol–water partition coefficient (Wildman–Crippen LogP) is 3.67. The topological polar surface area (TPSA) is 23.8 Å². The highest BCUT2D eigenvalue weighted by Crippen LogP contribution is 2.41. The van der Waals surface area contributed by atoms with Crippen molar-refractivity contribution in [2.24, 2.45) is 11.3 Å². The van der Waals surface area contributed by atoms with Gasteiger partial charge in [-0.3, -0.25) is 0 Å². The molecule has 1 nitrogen and oxygen atoms in total. The molecule has 0 heterocycles. The third-order valence-electron chi connectivity index (χ3n) is 2.95. The molecule has 1 saturated carbocycles. The van der Waals surface area contributed by atoms with E-state index in [4.69, 9.17) is 5.26 Å². The third kappa shape index (κ3) is 2.59. The molecule has 1 unspecified atom stereocenters. The second-order valence-electron chi connectivity index (χ2n) is 5.01.